The molecule has 1 aliphatic rings. The Balaban J connectivity index is 1.45. The molecular formula is C20H23N3O4S. The topological polar surface area (TPSA) is 95.6 Å². The molecule has 1 aliphatic heterocycles. The summed E-state index contributed by atoms with van der Waals surface area (Å²) in [6.45, 7) is 0.577. The van der Waals surface area contributed by atoms with Crippen LogP contribution >= 0.6 is 0 Å². The van der Waals surface area contributed by atoms with E-state index < -0.39 is 10.0 Å². The van der Waals surface area contributed by atoms with Gasteiger partial charge in [0.1, 0.15) is 0 Å². The lowest BCUT2D eigenvalue weighted by atomic mass is 10.1. The number of carbonyl (C=O) groups is 2. The molecule has 0 aliphatic carbocycles. The highest BCUT2D eigenvalue weighted by Crippen LogP contribution is 2.20. The lowest BCUT2D eigenvalue weighted by Crippen LogP contribution is -2.48. The third kappa shape index (κ3) is 4.96. The van der Waals surface area contributed by atoms with Gasteiger partial charge in [-0.3, -0.25) is 9.59 Å². The zero-order valence-corrected chi connectivity index (χ0v) is 16.2. The quantitative estimate of drug-likeness (QED) is 0.765. The molecule has 0 unspecified atom stereocenters. The van der Waals surface area contributed by atoms with Gasteiger partial charge in [-0.25, -0.2) is 8.42 Å². The van der Waals surface area contributed by atoms with Crippen molar-refractivity contribution in [1.29, 1.82) is 0 Å². The summed E-state index contributed by atoms with van der Waals surface area (Å²) in [5, 5.41) is 5.45. The van der Waals surface area contributed by atoms with Crippen LogP contribution in [0.1, 0.15) is 23.2 Å². The Morgan fingerprint density at radius 1 is 0.929 bits per heavy atom. The van der Waals surface area contributed by atoms with Gasteiger partial charge in [0, 0.05) is 24.7 Å². The Morgan fingerprint density at radius 3 is 2.11 bits per heavy atom. The average Bonchev–Trinajstić information content (AvgIpc) is 2.73. The van der Waals surface area contributed by atoms with Crippen molar-refractivity contribution in [2.45, 2.75) is 23.8 Å². The van der Waals surface area contributed by atoms with Gasteiger partial charge >= 0.3 is 0 Å². The number of rotatable bonds is 6. The van der Waals surface area contributed by atoms with Gasteiger partial charge in [0.2, 0.25) is 15.9 Å². The molecule has 2 aromatic carbocycles. The van der Waals surface area contributed by atoms with Crippen LogP contribution in [0.15, 0.2) is 65.6 Å². The van der Waals surface area contributed by atoms with Gasteiger partial charge in [-0.05, 0) is 37.1 Å². The largest absolute Gasteiger partial charge is 0.352 e. The molecule has 148 valence electrons. The van der Waals surface area contributed by atoms with Crippen molar-refractivity contribution < 1.29 is 18.0 Å². The number of hydrogen-bond acceptors (Lipinski definition) is 4. The van der Waals surface area contributed by atoms with E-state index in [1.807, 2.05) is 6.07 Å². The van der Waals surface area contributed by atoms with E-state index in [0.29, 0.717) is 31.5 Å². The highest BCUT2D eigenvalue weighted by molar-refractivity contribution is 7.89. The SMILES string of the molecule is O=C(CNC(=O)c1ccccc1)NC1CCN(S(=O)(=O)c2ccccc2)CC1. The fraction of sp³-hybridized carbons (Fsp3) is 0.300. The van der Waals surface area contributed by atoms with Gasteiger partial charge in [-0.15, -0.1) is 0 Å². The van der Waals surface area contributed by atoms with Crippen molar-refractivity contribution in [3.05, 3.63) is 66.2 Å². The number of sulfonamides is 1. The summed E-state index contributed by atoms with van der Waals surface area (Å²) in [4.78, 5) is 24.3. The van der Waals surface area contributed by atoms with Crippen LogP contribution in [0.2, 0.25) is 0 Å². The Kier molecular flexibility index (Phi) is 6.43. The van der Waals surface area contributed by atoms with Gasteiger partial charge in [0.05, 0.1) is 11.4 Å². The zero-order valence-electron chi connectivity index (χ0n) is 15.4. The molecule has 0 saturated carbocycles. The zero-order chi connectivity index (χ0) is 20.0. The van der Waals surface area contributed by atoms with Crippen LogP contribution in [0.3, 0.4) is 0 Å². The molecule has 2 N–H and O–H groups in total. The van der Waals surface area contributed by atoms with Crippen molar-refractivity contribution in [1.82, 2.24) is 14.9 Å². The van der Waals surface area contributed by atoms with E-state index in [-0.39, 0.29) is 29.3 Å². The van der Waals surface area contributed by atoms with Crippen LogP contribution < -0.4 is 10.6 Å². The van der Waals surface area contributed by atoms with Crippen LogP contribution in [0.5, 0.6) is 0 Å². The smallest absolute Gasteiger partial charge is 0.251 e. The molecule has 2 amide bonds. The number of benzene rings is 2. The average molecular weight is 401 g/mol. The van der Waals surface area contributed by atoms with Gasteiger partial charge in [0.25, 0.3) is 5.91 Å². The van der Waals surface area contributed by atoms with Gasteiger partial charge in [-0.1, -0.05) is 36.4 Å². The molecule has 8 heteroatoms. The molecule has 0 bridgehead atoms. The van der Waals surface area contributed by atoms with Crippen LogP contribution in [0, 0.1) is 0 Å². The summed E-state index contributed by atoms with van der Waals surface area (Å²) in [6.07, 6.45) is 1.06. The Morgan fingerprint density at radius 2 is 1.50 bits per heavy atom. The maximum absolute atomic E-state index is 12.6. The Labute approximate surface area is 164 Å². The molecule has 1 saturated heterocycles. The maximum Gasteiger partial charge on any atom is 0.251 e. The third-order valence-corrected chi connectivity index (χ3v) is 6.56. The number of nitrogens with one attached hydrogen (secondary N) is 2. The van der Waals surface area contributed by atoms with Gasteiger partial charge < -0.3 is 10.6 Å². The second-order valence-electron chi connectivity index (χ2n) is 6.61. The van der Waals surface area contributed by atoms with E-state index in [9.17, 15) is 18.0 Å². The van der Waals surface area contributed by atoms with E-state index in [1.54, 1.807) is 54.6 Å². The van der Waals surface area contributed by atoms with E-state index in [0.717, 1.165) is 0 Å². The molecule has 0 radical (unpaired) electrons. The van der Waals surface area contributed by atoms with Gasteiger partial charge in [-0.2, -0.15) is 4.31 Å². The van der Waals surface area contributed by atoms with Crippen molar-refractivity contribution in [2.24, 2.45) is 0 Å². The summed E-state index contributed by atoms with van der Waals surface area (Å²) in [5.41, 5.74) is 0.495. The first-order valence-corrected chi connectivity index (χ1v) is 10.6. The lowest BCUT2D eigenvalue weighted by Gasteiger charge is -2.31. The lowest BCUT2D eigenvalue weighted by molar-refractivity contribution is -0.121. The van der Waals surface area contributed by atoms with Crippen molar-refractivity contribution in [3.63, 3.8) is 0 Å². The van der Waals surface area contributed by atoms with E-state index in [1.165, 1.54) is 4.31 Å². The summed E-state index contributed by atoms with van der Waals surface area (Å²) >= 11 is 0. The molecule has 7 nitrogen and oxygen atoms in total. The summed E-state index contributed by atoms with van der Waals surface area (Å²) in [6, 6.07) is 16.9. The van der Waals surface area contributed by atoms with Crippen molar-refractivity contribution >= 4 is 21.8 Å². The number of hydrogen-bond donors (Lipinski definition) is 2. The molecule has 1 heterocycles. The van der Waals surface area contributed by atoms with Crippen LogP contribution in [0.25, 0.3) is 0 Å². The summed E-state index contributed by atoms with van der Waals surface area (Å²) in [7, 11) is -3.50. The molecule has 0 atom stereocenters. The third-order valence-electron chi connectivity index (χ3n) is 4.65. The molecule has 2 aromatic rings. The summed E-state index contributed by atoms with van der Waals surface area (Å²) in [5.74, 6) is -0.590. The minimum atomic E-state index is -3.50. The van der Waals surface area contributed by atoms with E-state index in [4.69, 9.17) is 0 Å². The highest BCUT2D eigenvalue weighted by Gasteiger charge is 2.29. The first-order valence-electron chi connectivity index (χ1n) is 9.14. The standard InChI is InChI=1S/C20H23N3O4S/c24-19(15-21-20(25)16-7-3-1-4-8-16)22-17-11-13-23(14-12-17)28(26,27)18-9-5-2-6-10-18/h1-10,17H,11-15H2,(H,21,25)(H,22,24). The van der Waals surface area contributed by atoms with Crippen LogP contribution in [-0.2, 0) is 14.8 Å². The monoisotopic (exact) mass is 401 g/mol. The fourth-order valence-corrected chi connectivity index (χ4v) is 4.60. The normalized spacial score (nSPS) is 15.7. The molecule has 1 fully saturated rings. The number of nitrogens with zero attached hydrogens (tertiary/aromatic N) is 1. The van der Waals surface area contributed by atoms with E-state index in [2.05, 4.69) is 10.6 Å². The number of carbonyl (C=O) groups excluding carboxylic acids is 2. The number of amides is 2. The van der Waals surface area contributed by atoms with Crippen LogP contribution in [0.4, 0.5) is 0 Å². The van der Waals surface area contributed by atoms with E-state index >= 15 is 0 Å². The molecular weight excluding hydrogens is 378 g/mol. The number of piperidine rings is 1. The summed E-state index contributed by atoms with van der Waals surface area (Å²) < 4.78 is 26.7. The van der Waals surface area contributed by atoms with Crippen molar-refractivity contribution in [2.75, 3.05) is 19.6 Å². The van der Waals surface area contributed by atoms with Gasteiger partial charge in [0.15, 0.2) is 0 Å². The minimum Gasteiger partial charge on any atom is -0.352 e. The Hall–Kier alpha value is -2.71. The highest BCUT2D eigenvalue weighted by atomic mass is 32.2. The predicted molar refractivity (Wildman–Crippen MR) is 105 cm³/mol. The van der Waals surface area contributed by atoms with Crippen molar-refractivity contribution in [3.8, 4) is 0 Å². The molecule has 3 rings (SSSR count). The molecule has 0 aromatic heterocycles. The first kappa shape index (κ1) is 20.0. The predicted octanol–water partition coefficient (Wildman–Crippen LogP) is 1.39. The Bertz CT molecular complexity index is 909. The van der Waals surface area contributed by atoms with Crippen LogP contribution in [-0.4, -0.2) is 50.2 Å². The molecule has 28 heavy (non-hydrogen) atoms. The second kappa shape index (κ2) is 8.99. The fourth-order valence-electron chi connectivity index (χ4n) is 3.11. The second-order valence-corrected chi connectivity index (χ2v) is 8.55. The first-order chi connectivity index (χ1) is 13.5. The maximum atomic E-state index is 12.6. The molecule has 0 spiro atoms. The minimum absolute atomic E-state index is 0.108.